The molecule has 0 atom stereocenters. The molecule has 0 bridgehead atoms. The van der Waals surface area contributed by atoms with Crippen molar-refractivity contribution < 1.29 is 22.8 Å². The van der Waals surface area contributed by atoms with Crippen LogP contribution in [0.5, 0.6) is 0 Å². The molecule has 0 saturated heterocycles. The standard InChI is InChI=1S/C11H13NO5S/c1-8-4-6-9(7-5-8)18(14,15)10(12-17-3)11(13)16-2/h4-7H,1-3H3. The number of benzene rings is 1. The Balaban J connectivity index is 3.30. The van der Waals surface area contributed by atoms with Gasteiger partial charge in [-0.2, -0.15) is 0 Å². The van der Waals surface area contributed by atoms with Crippen LogP contribution in [0.25, 0.3) is 0 Å². The summed E-state index contributed by atoms with van der Waals surface area (Å²) in [6, 6.07) is 6.01. The normalized spacial score (nSPS) is 12.1. The quantitative estimate of drug-likeness (QED) is 0.345. The minimum atomic E-state index is -4.04. The number of oxime groups is 1. The molecule has 0 aromatic heterocycles. The number of carbonyl (C=O) groups is 1. The van der Waals surface area contributed by atoms with Crippen molar-refractivity contribution in [2.75, 3.05) is 14.2 Å². The third-order valence-electron chi connectivity index (χ3n) is 2.12. The van der Waals surface area contributed by atoms with Crippen LogP contribution in [-0.4, -0.2) is 33.7 Å². The van der Waals surface area contributed by atoms with Crippen LogP contribution in [0.15, 0.2) is 34.3 Å². The summed E-state index contributed by atoms with van der Waals surface area (Å²) < 4.78 is 28.6. The van der Waals surface area contributed by atoms with Gasteiger partial charge in [-0.15, -0.1) is 0 Å². The Morgan fingerprint density at radius 2 is 1.72 bits per heavy atom. The highest BCUT2D eigenvalue weighted by atomic mass is 32.2. The molecule has 0 saturated carbocycles. The van der Waals surface area contributed by atoms with Crippen LogP contribution in [0, 0.1) is 6.92 Å². The Morgan fingerprint density at radius 3 is 2.17 bits per heavy atom. The SMILES string of the molecule is CON=C(C(=O)OC)S(=O)(=O)c1ccc(C)cc1. The van der Waals surface area contributed by atoms with Gasteiger partial charge in [-0.05, 0) is 19.1 Å². The van der Waals surface area contributed by atoms with Crippen LogP contribution in [-0.2, 0) is 24.2 Å². The molecular formula is C11H13NO5S. The van der Waals surface area contributed by atoms with Crippen LogP contribution in [0.3, 0.4) is 0 Å². The second-order valence-electron chi connectivity index (χ2n) is 3.39. The van der Waals surface area contributed by atoms with E-state index >= 15 is 0 Å². The Bertz CT molecular complexity index is 560. The number of carbonyl (C=O) groups excluding carboxylic acids is 1. The van der Waals surface area contributed by atoms with Gasteiger partial charge in [0.25, 0.3) is 5.04 Å². The lowest BCUT2D eigenvalue weighted by Gasteiger charge is -2.05. The summed E-state index contributed by atoms with van der Waals surface area (Å²) >= 11 is 0. The lowest BCUT2D eigenvalue weighted by molar-refractivity contribution is -0.132. The molecule has 7 heteroatoms. The summed E-state index contributed by atoms with van der Waals surface area (Å²) in [5.74, 6) is -1.07. The van der Waals surface area contributed by atoms with Gasteiger partial charge in [-0.1, -0.05) is 22.9 Å². The fourth-order valence-corrected chi connectivity index (χ4v) is 2.39. The zero-order chi connectivity index (χ0) is 13.8. The fraction of sp³-hybridized carbons (Fsp3) is 0.273. The van der Waals surface area contributed by atoms with Crippen molar-refractivity contribution >= 4 is 20.9 Å². The van der Waals surface area contributed by atoms with E-state index in [0.29, 0.717) is 0 Å². The van der Waals surface area contributed by atoms with Gasteiger partial charge in [0.1, 0.15) is 7.11 Å². The van der Waals surface area contributed by atoms with Crippen LogP contribution >= 0.6 is 0 Å². The van der Waals surface area contributed by atoms with E-state index in [4.69, 9.17) is 0 Å². The third kappa shape index (κ3) is 2.86. The van der Waals surface area contributed by atoms with E-state index in [0.717, 1.165) is 19.8 Å². The minimum Gasteiger partial charge on any atom is -0.464 e. The van der Waals surface area contributed by atoms with Gasteiger partial charge in [0, 0.05) is 0 Å². The van der Waals surface area contributed by atoms with Crippen molar-refractivity contribution in [3.63, 3.8) is 0 Å². The largest absolute Gasteiger partial charge is 0.464 e. The molecule has 0 aliphatic carbocycles. The van der Waals surface area contributed by atoms with E-state index in [1.165, 1.54) is 12.1 Å². The summed E-state index contributed by atoms with van der Waals surface area (Å²) in [5, 5.41) is 2.44. The lowest BCUT2D eigenvalue weighted by atomic mass is 10.2. The molecule has 0 fully saturated rings. The topological polar surface area (TPSA) is 82.0 Å². The zero-order valence-electron chi connectivity index (χ0n) is 10.2. The molecule has 1 rings (SSSR count). The number of sulfone groups is 1. The van der Waals surface area contributed by atoms with Gasteiger partial charge in [0.05, 0.1) is 12.0 Å². The molecule has 0 aliphatic heterocycles. The summed E-state index contributed by atoms with van der Waals surface area (Å²) in [6.07, 6.45) is 0. The van der Waals surface area contributed by atoms with Crippen molar-refractivity contribution in [2.24, 2.45) is 5.16 Å². The number of nitrogens with zero attached hydrogens (tertiary/aromatic N) is 1. The van der Waals surface area contributed by atoms with E-state index in [2.05, 4.69) is 14.7 Å². The number of hydrogen-bond acceptors (Lipinski definition) is 6. The highest BCUT2D eigenvalue weighted by molar-refractivity contribution is 8.08. The fourth-order valence-electron chi connectivity index (χ4n) is 1.20. The molecule has 0 spiro atoms. The van der Waals surface area contributed by atoms with Crippen molar-refractivity contribution in [1.82, 2.24) is 0 Å². The smallest absolute Gasteiger partial charge is 0.372 e. The lowest BCUT2D eigenvalue weighted by Crippen LogP contribution is -2.26. The first-order valence-corrected chi connectivity index (χ1v) is 6.43. The molecular weight excluding hydrogens is 258 g/mol. The molecule has 0 amide bonds. The van der Waals surface area contributed by atoms with Crippen LogP contribution < -0.4 is 0 Å². The first kappa shape index (κ1) is 14.2. The molecule has 98 valence electrons. The maximum absolute atomic E-state index is 12.1. The number of esters is 1. The van der Waals surface area contributed by atoms with Crippen molar-refractivity contribution in [1.29, 1.82) is 0 Å². The second-order valence-corrected chi connectivity index (χ2v) is 5.25. The maximum atomic E-state index is 12.1. The van der Waals surface area contributed by atoms with Gasteiger partial charge in [0.15, 0.2) is 0 Å². The average molecular weight is 271 g/mol. The van der Waals surface area contributed by atoms with Gasteiger partial charge in [0.2, 0.25) is 9.84 Å². The molecule has 1 aromatic rings. The van der Waals surface area contributed by atoms with Gasteiger partial charge < -0.3 is 9.57 Å². The van der Waals surface area contributed by atoms with Crippen LogP contribution in [0.4, 0.5) is 0 Å². The van der Waals surface area contributed by atoms with Crippen molar-refractivity contribution in [3.05, 3.63) is 29.8 Å². The molecule has 6 nitrogen and oxygen atoms in total. The summed E-state index contributed by atoms with van der Waals surface area (Å²) in [4.78, 5) is 15.7. The predicted octanol–water partition coefficient (Wildman–Crippen LogP) is 0.902. The number of methoxy groups -OCH3 is 1. The Morgan fingerprint density at radius 1 is 1.17 bits per heavy atom. The highest BCUT2D eigenvalue weighted by Crippen LogP contribution is 2.14. The first-order valence-electron chi connectivity index (χ1n) is 4.94. The minimum absolute atomic E-state index is 0.0469. The second kappa shape index (κ2) is 5.63. The molecule has 0 radical (unpaired) electrons. The number of hydrogen-bond donors (Lipinski definition) is 0. The molecule has 0 heterocycles. The van der Waals surface area contributed by atoms with Crippen LogP contribution in [0.1, 0.15) is 5.56 Å². The first-order chi connectivity index (χ1) is 8.43. The van der Waals surface area contributed by atoms with Crippen molar-refractivity contribution in [3.8, 4) is 0 Å². The molecule has 18 heavy (non-hydrogen) atoms. The molecule has 0 N–H and O–H groups in total. The highest BCUT2D eigenvalue weighted by Gasteiger charge is 2.31. The number of ether oxygens (including phenoxy) is 1. The summed E-state index contributed by atoms with van der Waals surface area (Å²) in [5.41, 5.74) is 0.900. The van der Waals surface area contributed by atoms with Crippen molar-refractivity contribution in [2.45, 2.75) is 11.8 Å². The number of aryl methyl sites for hydroxylation is 1. The summed E-state index contributed by atoms with van der Waals surface area (Å²) in [7, 11) is -1.83. The Hall–Kier alpha value is -1.89. The third-order valence-corrected chi connectivity index (χ3v) is 3.76. The van der Waals surface area contributed by atoms with Gasteiger partial charge in [-0.25, -0.2) is 13.2 Å². The Labute approximate surface area is 105 Å². The summed E-state index contributed by atoms with van der Waals surface area (Å²) in [6.45, 7) is 1.82. The van der Waals surface area contributed by atoms with E-state index in [1.54, 1.807) is 12.1 Å². The van der Waals surface area contributed by atoms with Gasteiger partial charge >= 0.3 is 5.97 Å². The molecule has 0 unspecified atom stereocenters. The number of rotatable bonds is 2. The monoisotopic (exact) mass is 271 g/mol. The van der Waals surface area contributed by atoms with E-state index in [9.17, 15) is 13.2 Å². The maximum Gasteiger partial charge on any atom is 0.372 e. The molecule has 1 aromatic carbocycles. The predicted molar refractivity (Wildman–Crippen MR) is 64.8 cm³/mol. The van der Waals surface area contributed by atoms with E-state index in [-0.39, 0.29) is 4.90 Å². The van der Waals surface area contributed by atoms with Crippen LogP contribution in [0.2, 0.25) is 0 Å². The average Bonchev–Trinajstić information content (AvgIpc) is 2.35. The van der Waals surface area contributed by atoms with E-state index in [1.807, 2.05) is 6.92 Å². The van der Waals surface area contributed by atoms with E-state index < -0.39 is 20.9 Å². The molecule has 0 aliphatic rings. The Kier molecular flexibility index (Phi) is 4.43. The zero-order valence-corrected chi connectivity index (χ0v) is 11.0. The van der Waals surface area contributed by atoms with Gasteiger partial charge in [-0.3, -0.25) is 0 Å².